The molecule has 2 aromatic carbocycles. The number of furan rings is 1. The fraction of sp³-hybridized carbons (Fsp3) is 0.208. The number of hydrogen-bond donors (Lipinski definition) is 2. The molecular formula is C24H22Cl2N2O2. The Morgan fingerprint density at radius 1 is 1.13 bits per heavy atom. The molecule has 154 valence electrons. The van der Waals surface area contributed by atoms with E-state index in [1.54, 1.807) is 18.4 Å². The number of fused-ring (bicyclic) bond motifs is 1. The third kappa shape index (κ3) is 4.25. The van der Waals surface area contributed by atoms with Gasteiger partial charge in [-0.25, -0.2) is 0 Å². The molecule has 0 aliphatic carbocycles. The number of amides is 1. The highest BCUT2D eigenvalue weighted by atomic mass is 35.5. The number of para-hydroxylation sites is 1. The van der Waals surface area contributed by atoms with Crippen molar-refractivity contribution in [3.05, 3.63) is 93.5 Å². The van der Waals surface area contributed by atoms with Gasteiger partial charge in [-0.2, -0.15) is 0 Å². The van der Waals surface area contributed by atoms with Gasteiger partial charge in [0.2, 0.25) is 5.91 Å². The van der Waals surface area contributed by atoms with Gasteiger partial charge in [-0.3, -0.25) is 4.79 Å². The molecule has 1 unspecified atom stereocenters. The topological polar surface area (TPSA) is 58.0 Å². The number of carbonyl (C=O) groups is 1. The van der Waals surface area contributed by atoms with Crippen LogP contribution in [0.1, 0.15) is 41.7 Å². The molecule has 0 bridgehead atoms. The third-order valence-electron chi connectivity index (χ3n) is 5.37. The van der Waals surface area contributed by atoms with Crippen molar-refractivity contribution in [2.45, 2.75) is 32.2 Å². The number of aromatic nitrogens is 1. The Bertz CT molecular complexity index is 1170. The highest BCUT2D eigenvalue weighted by molar-refractivity contribution is 6.42. The lowest BCUT2D eigenvalue weighted by molar-refractivity contribution is -0.121. The van der Waals surface area contributed by atoms with E-state index in [-0.39, 0.29) is 18.2 Å². The van der Waals surface area contributed by atoms with Crippen molar-refractivity contribution in [1.82, 2.24) is 10.3 Å². The van der Waals surface area contributed by atoms with Gasteiger partial charge < -0.3 is 14.7 Å². The Hall–Kier alpha value is -2.69. The molecule has 6 heteroatoms. The minimum Gasteiger partial charge on any atom is -0.467 e. The van der Waals surface area contributed by atoms with Crippen LogP contribution in [0.3, 0.4) is 0 Å². The smallest absolute Gasteiger partial charge is 0.221 e. The number of halogens is 2. The van der Waals surface area contributed by atoms with E-state index in [4.69, 9.17) is 27.6 Å². The molecule has 4 rings (SSSR count). The number of carbonyl (C=O) groups excluding carboxylic acids is 1. The molecule has 0 saturated heterocycles. The maximum Gasteiger partial charge on any atom is 0.221 e. The zero-order chi connectivity index (χ0) is 21.1. The monoisotopic (exact) mass is 440 g/mol. The van der Waals surface area contributed by atoms with Crippen LogP contribution in [0.5, 0.6) is 0 Å². The minimum atomic E-state index is -0.169. The molecule has 0 aliphatic rings. The summed E-state index contributed by atoms with van der Waals surface area (Å²) in [7, 11) is 0. The molecule has 2 aromatic heterocycles. The predicted molar refractivity (Wildman–Crippen MR) is 121 cm³/mol. The molecule has 1 amide bonds. The summed E-state index contributed by atoms with van der Waals surface area (Å²) in [5.74, 6) is 0.481. The first-order valence-corrected chi connectivity index (χ1v) is 10.6. The van der Waals surface area contributed by atoms with Crippen molar-refractivity contribution < 1.29 is 9.21 Å². The third-order valence-corrected chi connectivity index (χ3v) is 6.10. The first kappa shape index (κ1) is 20.6. The summed E-state index contributed by atoms with van der Waals surface area (Å²) in [5, 5.41) is 5.03. The molecule has 0 fully saturated rings. The Labute approximate surface area is 185 Å². The van der Waals surface area contributed by atoms with Crippen LogP contribution in [-0.2, 0) is 17.8 Å². The standard InChI is InChI=1S/C24H22Cl2N2O2/c1-2-15-5-3-7-18-20(14-28-24(15)18)19(16-8-9-21(25)22(26)11-16)12-23(29)27-13-17-6-4-10-30-17/h3-11,14,19,28H,2,12-13H2,1H3,(H,27,29). The Kier molecular flexibility index (Phi) is 6.16. The molecule has 2 heterocycles. The van der Waals surface area contributed by atoms with Crippen molar-refractivity contribution in [1.29, 1.82) is 0 Å². The molecule has 4 nitrogen and oxygen atoms in total. The number of hydrogen-bond acceptors (Lipinski definition) is 2. The molecule has 0 saturated carbocycles. The van der Waals surface area contributed by atoms with Gasteiger partial charge in [-0.15, -0.1) is 0 Å². The molecule has 2 N–H and O–H groups in total. The van der Waals surface area contributed by atoms with Crippen LogP contribution in [-0.4, -0.2) is 10.9 Å². The predicted octanol–water partition coefficient (Wildman–Crippen LogP) is 6.47. The Morgan fingerprint density at radius 3 is 2.73 bits per heavy atom. The average Bonchev–Trinajstić information content (AvgIpc) is 3.42. The van der Waals surface area contributed by atoms with E-state index in [1.165, 1.54) is 5.56 Å². The van der Waals surface area contributed by atoms with Gasteiger partial charge in [-0.05, 0) is 47.4 Å². The van der Waals surface area contributed by atoms with E-state index in [0.29, 0.717) is 22.4 Å². The number of aryl methyl sites for hydroxylation is 1. The molecule has 30 heavy (non-hydrogen) atoms. The van der Waals surface area contributed by atoms with Crippen LogP contribution < -0.4 is 5.32 Å². The maximum atomic E-state index is 12.8. The Morgan fingerprint density at radius 2 is 2.00 bits per heavy atom. The summed E-state index contributed by atoms with van der Waals surface area (Å²) in [6.07, 6.45) is 4.80. The fourth-order valence-electron chi connectivity index (χ4n) is 3.81. The van der Waals surface area contributed by atoms with E-state index in [1.807, 2.05) is 24.4 Å². The fourth-order valence-corrected chi connectivity index (χ4v) is 4.12. The first-order valence-electron chi connectivity index (χ1n) is 9.89. The Balaban J connectivity index is 1.68. The molecular weight excluding hydrogens is 419 g/mol. The van der Waals surface area contributed by atoms with Gasteiger partial charge in [0.15, 0.2) is 0 Å². The summed E-state index contributed by atoms with van der Waals surface area (Å²) in [5.41, 5.74) is 4.36. The second-order valence-electron chi connectivity index (χ2n) is 7.22. The zero-order valence-electron chi connectivity index (χ0n) is 16.5. The highest BCUT2D eigenvalue weighted by Crippen LogP contribution is 2.36. The van der Waals surface area contributed by atoms with Gasteiger partial charge >= 0.3 is 0 Å². The average molecular weight is 441 g/mol. The lowest BCUT2D eigenvalue weighted by atomic mass is 9.87. The maximum absolute atomic E-state index is 12.8. The van der Waals surface area contributed by atoms with Gasteiger partial charge in [0.1, 0.15) is 5.76 Å². The molecule has 4 aromatic rings. The van der Waals surface area contributed by atoms with Crippen molar-refractivity contribution in [2.24, 2.45) is 0 Å². The van der Waals surface area contributed by atoms with E-state index in [0.717, 1.165) is 28.5 Å². The minimum absolute atomic E-state index is 0.0662. The molecule has 0 aliphatic heterocycles. The second kappa shape index (κ2) is 8.99. The van der Waals surface area contributed by atoms with Crippen LogP contribution in [0, 0.1) is 0 Å². The van der Waals surface area contributed by atoms with E-state index in [2.05, 4.69) is 35.4 Å². The van der Waals surface area contributed by atoms with E-state index >= 15 is 0 Å². The number of nitrogens with one attached hydrogen (secondary N) is 2. The zero-order valence-corrected chi connectivity index (χ0v) is 18.1. The summed E-state index contributed by atoms with van der Waals surface area (Å²) in [6, 6.07) is 15.5. The van der Waals surface area contributed by atoms with Gasteiger partial charge in [-0.1, -0.05) is 54.4 Å². The number of aromatic amines is 1. The lowest BCUT2D eigenvalue weighted by Crippen LogP contribution is -2.24. The van der Waals surface area contributed by atoms with Crippen molar-refractivity contribution in [3.63, 3.8) is 0 Å². The van der Waals surface area contributed by atoms with Crippen LogP contribution in [0.15, 0.2) is 65.4 Å². The summed E-state index contributed by atoms with van der Waals surface area (Å²) < 4.78 is 5.31. The molecule has 0 radical (unpaired) electrons. The number of rotatable bonds is 7. The van der Waals surface area contributed by atoms with Crippen molar-refractivity contribution >= 4 is 40.0 Å². The van der Waals surface area contributed by atoms with Crippen LogP contribution in [0.4, 0.5) is 0 Å². The van der Waals surface area contributed by atoms with Crippen LogP contribution >= 0.6 is 23.2 Å². The van der Waals surface area contributed by atoms with E-state index in [9.17, 15) is 4.79 Å². The number of H-pyrrole nitrogens is 1. The summed E-state index contributed by atoms with van der Waals surface area (Å²) >= 11 is 12.4. The molecule has 0 spiro atoms. The summed E-state index contributed by atoms with van der Waals surface area (Å²) in [4.78, 5) is 16.2. The normalized spacial score (nSPS) is 12.2. The van der Waals surface area contributed by atoms with Crippen molar-refractivity contribution in [3.8, 4) is 0 Å². The second-order valence-corrected chi connectivity index (χ2v) is 8.04. The van der Waals surface area contributed by atoms with E-state index < -0.39 is 0 Å². The quantitative estimate of drug-likeness (QED) is 0.345. The van der Waals surface area contributed by atoms with Gasteiger partial charge in [0.25, 0.3) is 0 Å². The highest BCUT2D eigenvalue weighted by Gasteiger charge is 2.23. The first-order chi connectivity index (χ1) is 14.6. The SMILES string of the molecule is CCc1cccc2c(C(CC(=O)NCc3ccco3)c3ccc(Cl)c(Cl)c3)c[nH]c12. The molecule has 1 atom stereocenters. The lowest BCUT2D eigenvalue weighted by Gasteiger charge is -2.18. The van der Waals surface area contributed by atoms with Crippen LogP contribution in [0.25, 0.3) is 10.9 Å². The van der Waals surface area contributed by atoms with Gasteiger partial charge in [0, 0.05) is 29.4 Å². The van der Waals surface area contributed by atoms with Gasteiger partial charge in [0.05, 0.1) is 22.9 Å². The van der Waals surface area contributed by atoms with Crippen molar-refractivity contribution in [2.75, 3.05) is 0 Å². The number of benzene rings is 2. The van der Waals surface area contributed by atoms with Crippen LogP contribution in [0.2, 0.25) is 10.0 Å². The summed E-state index contributed by atoms with van der Waals surface area (Å²) in [6.45, 7) is 2.49. The largest absolute Gasteiger partial charge is 0.467 e.